The standard InChI is InChI=1S/C15H16OS/c1-11-7-3-5-9-14(11)17-15-10-6-4-8-13(15)12(2)16/h3-10,12,16H,1-2H3. The Kier molecular flexibility index (Phi) is 3.87. The zero-order valence-corrected chi connectivity index (χ0v) is 10.9. The summed E-state index contributed by atoms with van der Waals surface area (Å²) in [5.74, 6) is 0. The van der Waals surface area contributed by atoms with Crippen LogP contribution in [0.2, 0.25) is 0 Å². The number of aliphatic hydroxyl groups is 1. The molecule has 1 nitrogen and oxygen atoms in total. The minimum atomic E-state index is -0.428. The van der Waals surface area contributed by atoms with Crippen molar-refractivity contribution in [3.05, 3.63) is 59.7 Å². The van der Waals surface area contributed by atoms with Crippen LogP contribution in [0, 0.1) is 6.92 Å². The Morgan fingerprint density at radius 3 is 2.18 bits per heavy atom. The smallest absolute Gasteiger partial charge is 0.0772 e. The summed E-state index contributed by atoms with van der Waals surface area (Å²) in [6, 6.07) is 16.3. The molecule has 0 aliphatic carbocycles. The summed E-state index contributed by atoms with van der Waals surface area (Å²) in [5.41, 5.74) is 2.25. The van der Waals surface area contributed by atoms with Crippen LogP contribution in [-0.2, 0) is 0 Å². The zero-order valence-electron chi connectivity index (χ0n) is 10.1. The van der Waals surface area contributed by atoms with Crippen molar-refractivity contribution in [2.24, 2.45) is 0 Å². The summed E-state index contributed by atoms with van der Waals surface area (Å²) in [6.45, 7) is 3.91. The number of aliphatic hydroxyl groups excluding tert-OH is 1. The van der Waals surface area contributed by atoms with E-state index in [2.05, 4.69) is 25.1 Å². The van der Waals surface area contributed by atoms with Crippen LogP contribution in [-0.4, -0.2) is 5.11 Å². The average Bonchev–Trinajstić information content (AvgIpc) is 2.32. The zero-order chi connectivity index (χ0) is 12.3. The van der Waals surface area contributed by atoms with Gasteiger partial charge in [-0.15, -0.1) is 0 Å². The molecule has 1 N–H and O–H groups in total. The summed E-state index contributed by atoms with van der Waals surface area (Å²) in [4.78, 5) is 2.36. The van der Waals surface area contributed by atoms with Gasteiger partial charge in [-0.1, -0.05) is 48.2 Å². The van der Waals surface area contributed by atoms with Gasteiger partial charge in [0.1, 0.15) is 0 Å². The van der Waals surface area contributed by atoms with Gasteiger partial charge in [0.2, 0.25) is 0 Å². The fraction of sp³-hybridized carbons (Fsp3) is 0.200. The molecule has 2 heteroatoms. The molecule has 2 rings (SSSR count). The third-order valence-corrected chi connectivity index (χ3v) is 3.95. The van der Waals surface area contributed by atoms with Crippen molar-refractivity contribution in [2.45, 2.75) is 29.7 Å². The van der Waals surface area contributed by atoms with E-state index in [1.807, 2.05) is 30.3 Å². The molecule has 0 saturated heterocycles. The Labute approximate surface area is 107 Å². The van der Waals surface area contributed by atoms with E-state index in [4.69, 9.17) is 0 Å². The molecule has 0 spiro atoms. The Morgan fingerprint density at radius 2 is 1.53 bits per heavy atom. The molecule has 0 aliphatic rings. The van der Waals surface area contributed by atoms with E-state index in [0.29, 0.717) is 0 Å². The highest BCUT2D eigenvalue weighted by Crippen LogP contribution is 2.34. The lowest BCUT2D eigenvalue weighted by Crippen LogP contribution is -1.93. The number of hydrogen-bond acceptors (Lipinski definition) is 2. The van der Waals surface area contributed by atoms with Crippen molar-refractivity contribution >= 4 is 11.8 Å². The molecule has 88 valence electrons. The van der Waals surface area contributed by atoms with Crippen LogP contribution in [0.15, 0.2) is 58.3 Å². The highest BCUT2D eigenvalue weighted by Gasteiger charge is 2.09. The van der Waals surface area contributed by atoms with Crippen LogP contribution in [0.4, 0.5) is 0 Å². The molecule has 0 aromatic heterocycles. The maximum absolute atomic E-state index is 9.74. The summed E-state index contributed by atoms with van der Waals surface area (Å²) in [6.07, 6.45) is -0.428. The Balaban J connectivity index is 2.34. The molecule has 17 heavy (non-hydrogen) atoms. The summed E-state index contributed by atoms with van der Waals surface area (Å²) in [7, 11) is 0. The van der Waals surface area contributed by atoms with Gasteiger partial charge < -0.3 is 5.11 Å². The van der Waals surface area contributed by atoms with E-state index in [0.717, 1.165) is 10.5 Å². The maximum atomic E-state index is 9.74. The first-order chi connectivity index (χ1) is 8.18. The van der Waals surface area contributed by atoms with E-state index in [9.17, 15) is 5.11 Å². The molecule has 1 unspecified atom stereocenters. The van der Waals surface area contributed by atoms with Crippen molar-refractivity contribution in [2.75, 3.05) is 0 Å². The Bertz CT molecular complexity index is 506. The Hall–Kier alpha value is -1.25. The molecular formula is C15H16OS. The first-order valence-corrected chi connectivity index (χ1v) is 6.50. The monoisotopic (exact) mass is 244 g/mol. The molecule has 1 atom stereocenters. The average molecular weight is 244 g/mol. The van der Waals surface area contributed by atoms with Crippen LogP contribution in [0.3, 0.4) is 0 Å². The van der Waals surface area contributed by atoms with E-state index in [1.54, 1.807) is 18.7 Å². The highest BCUT2D eigenvalue weighted by atomic mass is 32.2. The molecule has 2 aromatic rings. The molecule has 0 bridgehead atoms. The summed E-state index contributed by atoms with van der Waals surface area (Å²) < 4.78 is 0. The first kappa shape index (κ1) is 12.2. The van der Waals surface area contributed by atoms with Gasteiger partial charge in [-0.25, -0.2) is 0 Å². The minimum absolute atomic E-state index is 0.428. The van der Waals surface area contributed by atoms with E-state index in [1.165, 1.54) is 10.5 Å². The first-order valence-electron chi connectivity index (χ1n) is 5.69. The van der Waals surface area contributed by atoms with Gasteiger partial charge >= 0.3 is 0 Å². The number of rotatable bonds is 3. The molecule has 0 amide bonds. The van der Waals surface area contributed by atoms with Gasteiger partial charge in [0.25, 0.3) is 0 Å². The second-order valence-electron chi connectivity index (χ2n) is 4.08. The predicted octanol–water partition coefficient (Wildman–Crippen LogP) is 4.20. The van der Waals surface area contributed by atoms with Crippen molar-refractivity contribution < 1.29 is 5.11 Å². The fourth-order valence-corrected chi connectivity index (χ4v) is 2.82. The van der Waals surface area contributed by atoms with Crippen molar-refractivity contribution in [1.82, 2.24) is 0 Å². The lowest BCUT2D eigenvalue weighted by molar-refractivity contribution is 0.196. The third kappa shape index (κ3) is 2.90. The minimum Gasteiger partial charge on any atom is -0.389 e. The van der Waals surface area contributed by atoms with E-state index < -0.39 is 6.10 Å². The molecule has 2 aromatic carbocycles. The van der Waals surface area contributed by atoms with Crippen LogP contribution in [0.25, 0.3) is 0 Å². The summed E-state index contributed by atoms with van der Waals surface area (Å²) >= 11 is 1.71. The van der Waals surface area contributed by atoms with Crippen molar-refractivity contribution in [3.63, 3.8) is 0 Å². The maximum Gasteiger partial charge on any atom is 0.0772 e. The van der Waals surface area contributed by atoms with Gasteiger partial charge in [-0.2, -0.15) is 0 Å². The van der Waals surface area contributed by atoms with Crippen LogP contribution in [0.1, 0.15) is 24.2 Å². The highest BCUT2D eigenvalue weighted by molar-refractivity contribution is 7.99. The fourth-order valence-electron chi connectivity index (χ4n) is 1.71. The van der Waals surface area contributed by atoms with Crippen LogP contribution in [0.5, 0.6) is 0 Å². The third-order valence-electron chi connectivity index (χ3n) is 2.68. The largest absolute Gasteiger partial charge is 0.389 e. The second kappa shape index (κ2) is 5.39. The van der Waals surface area contributed by atoms with Crippen molar-refractivity contribution in [1.29, 1.82) is 0 Å². The van der Waals surface area contributed by atoms with Gasteiger partial charge in [0, 0.05) is 9.79 Å². The quantitative estimate of drug-likeness (QED) is 0.873. The molecule has 0 saturated carbocycles. The van der Waals surface area contributed by atoms with Gasteiger partial charge in [-0.3, -0.25) is 0 Å². The normalized spacial score (nSPS) is 12.4. The Morgan fingerprint density at radius 1 is 0.941 bits per heavy atom. The number of benzene rings is 2. The molecule has 0 radical (unpaired) electrons. The van der Waals surface area contributed by atoms with Gasteiger partial charge in [0.05, 0.1) is 6.10 Å². The predicted molar refractivity (Wildman–Crippen MR) is 72.4 cm³/mol. The van der Waals surface area contributed by atoms with Gasteiger partial charge in [0.15, 0.2) is 0 Å². The topological polar surface area (TPSA) is 20.2 Å². The van der Waals surface area contributed by atoms with Gasteiger partial charge in [-0.05, 0) is 37.1 Å². The van der Waals surface area contributed by atoms with Crippen molar-refractivity contribution in [3.8, 4) is 0 Å². The van der Waals surface area contributed by atoms with Crippen LogP contribution >= 0.6 is 11.8 Å². The SMILES string of the molecule is Cc1ccccc1Sc1ccccc1C(C)O. The number of aryl methyl sites for hydroxylation is 1. The molecular weight excluding hydrogens is 228 g/mol. The summed E-state index contributed by atoms with van der Waals surface area (Å²) in [5, 5.41) is 9.74. The lowest BCUT2D eigenvalue weighted by atomic mass is 10.1. The molecule has 0 heterocycles. The van der Waals surface area contributed by atoms with E-state index >= 15 is 0 Å². The van der Waals surface area contributed by atoms with E-state index in [-0.39, 0.29) is 0 Å². The second-order valence-corrected chi connectivity index (χ2v) is 5.17. The van der Waals surface area contributed by atoms with Crippen LogP contribution < -0.4 is 0 Å². The molecule has 0 fully saturated rings. The molecule has 0 aliphatic heterocycles. The number of hydrogen-bond donors (Lipinski definition) is 1. The lowest BCUT2D eigenvalue weighted by Gasteiger charge is -2.12.